The number of nitrogens with two attached hydrogens (primary N) is 1. The number of hydrogen-bond donors (Lipinski definition) is 3. The van der Waals surface area contributed by atoms with Gasteiger partial charge in [-0.2, -0.15) is 0 Å². The maximum absolute atomic E-state index is 11.9. The third kappa shape index (κ3) is 3.86. The molecule has 0 aromatic heterocycles. The van der Waals surface area contributed by atoms with Crippen LogP contribution >= 0.6 is 11.8 Å². The van der Waals surface area contributed by atoms with Gasteiger partial charge in [0.15, 0.2) is 10.6 Å². The van der Waals surface area contributed by atoms with E-state index >= 15 is 0 Å². The van der Waals surface area contributed by atoms with Crippen molar-refractivity contribution >= 4 is 28.9 Å². The Morgan fingerprint density at radius 3 is 2.84 bits per heavy atom. The zero-order valence-corrected chi connectivity index (χ0v) is 11.8. The highest BCUT2D eigenvalue weighted by Gasteiger charge is 2.54. The fourth-order valence-electron chi connectivity index (χ4n) is 2.22. The van der Waals surface area contributed by atoms with Crippen molar-refractivity contribution in [1.82, 2.24) is 0 Å². The summed E-state index contributed by atoms with van der Waals surface area (Å²) in [5, 5.41) is 16.4. The van der Waals surface area contributed by atoms with Crippen LogP contribution in [0.2, 0.25) is 0 Å². The summed E-state index contributed by atoms with van der Waals surface area (Å²) in [5.74, 6) is -1.42. The molecule has 0 aliphatic carbocycles. The molecule has 1 aliphatic heterocycles. The second kappa shape index (κ2) is 6.79. The summed E-state index contributed by atoms with van der Waals surface area (Å²) in [6, 6.07) is 0. The first kappa shape index (κ1) is 15.8. The van der Waals surface area contributed by atoms with Crippen molar-refractivity contribution in [1.29, 1.82) is 5.41 Å². The number of hydrogen-bond acceptors (Lipinski definition) is 5. The van der Waals surface area contributed by atoms with Crippen molar-refractivity contribution < 1.29 is 19.4 Å². The third-order valence-corrected chi connectivity index (χ3v) is 4.13. The largest absolute Gasteiger partial charge is 0.480 e. The van der Waals surface area contributed by atoms with Gasteiger partial charge in [-0.1, -0.05) is 37.9 Å². The van der Waals surface area contributed by atoms with Crippen molar-refractivity contribution in [2.75, 3.05) is 5.75 Å². The molecule has 0 bridgehead atoms. The van der Waals surface area contributed by atoms with Crippen LogP contribution in [-0.4, -0.2) is 34.1 Å². The summed E-state index contributed by atoms with van der Waals surface area (Å²) in [7, 11) is 0. The number of ether oxygens (including phenoxy) is 1. The van der Waals surface area contributed by atoms with E-state index in [1.165, 1.54) is 0 Å². The number of unbranched alkanes of at least 4 members (excludes halogenated alkanes) is 2. The molecule has 4 N–H and O–H groups in total. The molecule has 1 rings (SSSR count). The van der Waals surface area contributed by atoms with Gasteiger partial charge in [-0.3, -0.25) is 15.0 Å². The maximum Gasteiger partial charge on any atom is 0.323 e. The number of rotatable bonds is 7. The minimum atomic E-state index is -1.41. The van der Waals surface area contributed by atoms with Gasteiger partial charge in [-0.25, -0.2) is 0 Å². The van der Waals surface area contributed by atoms with E-state index in [4.69, 9.17) is 15.9 Å². The number of thioether (sulfide) groups is 1. The normalized spacial score (nSPS) is 26.2. The molecule has 0 aromatic carbocycles. The van der Waals surface area contributed by atoms with Crippen LogP contribution in [0.1, 0.15) is 39.0 Å². The number of esters is 1. The maximum atomic E-state index is 11.9. The van der Waals surface area contributed by atoms with Crippen LogP contribution < -0.4 is 5.73 Å². The summed E-state index contributed by atoms with van der Waals surface area (Å²) >= 11 is 1.06. The molecule has 2 atom stereocenters. The first-order chi connectivity index (χ1) is 8.92. The summed E-state index contributed by atoms with van der Waals surface area (Å²) in [5.41, 5.74) is 3.81. The monoisotopic (exact) mass is 288 g/mol. The lowest BCUT2D eigenvalue weighted by atomic mass is 9.80. The average Bonchev–Trinajstić information content (AvgIpc) is 2.65. The number of amidine groups is 1. The molecule has 0 spiro atoms. The predicted octanol–water partition coefficient (Wildman–Crippen LogP) is 1.58. The molecule has 108 valence electrons. The number of carbonyl (C=O) groups is 2. The van der Waals surface area contributed by atoms with Crippen LogP contribution in [0.4, 0.5) is 0 Å². The lowest BCUT2D eigenvalue weighted by Gasteiger charge is -2.19. The molecule has 6 nitrogen and oxygen atoms in total. The molecule has 7 heteroatoms. The van der Waals surface area contributed by atoms with Crippen molar-refractivity contribution in [3.63, 3.8) is 0 Å². The highest BCUT2D eigenvalue weighted by molar-refractivity contribution is 8.13. The van der Waals surface area contributed by atoms with Gasteiger partial charge in [0.05, 0.1) is 0 Å². The number of nitrogens with one attached hydrogen (secondary N) is 1. The van der Waals surface area contributed by atoms with Crippen LogP contribution in [0.3, 0.4) is 0 Å². The van der Waals surface area contributed by atoms with E-state index in [9.17, 15) is 14.7 Å². The van der Waals surface area contributed by atoms with E-state index in [2.05, 4.69) is 0 Å². The van der Waals surface area contributed by atoms with E-state index in [0.29, 0.717) is 18.6 Å². The van der Waals surface area contributed by atoms with Gasteiger partial charge in [0.2, 0.25) is 0 Å². The van der Waals surface area contributed by atoms with Gasteiger partial charge in [0.25, 0.3) is 0 Å². The van der Waals surface area contributed by atoms with E-state index in [0.717, 1.165) is 24.6 Å². The van der Waals surface area contributed by atoms with Gasteiger partial charge in [0.1, 0.15) is 6.10 Å². The van der Waals surface area contributed by atoms with Gasteiger partial charge in [-0.05, 0) is 6.42 Å². The zero-order valence-electron chi connectivity index (χ0n) is 11.0. The molecule has 1 saturated heterocycles. The zero-order chi connectivity index (χ0) is 14.5. The molecule has 0 saturated carbocycles. The third-order valence-electron chi connectivity index (χ3n) is 3.28. The quantitative estimate of drug-likeness (QED) is 0.215. The van der Waals surface area contributed by atoms with E-state index in [1.54, 1.807) is 0 Å². The average molecular weight is 288 g/mol. The minimum Gasteiger partial charge on any atom is -0.480 e. The van der Waals surface area contributed by atoms with Gasteiger partial charge in [-0.15, -0.1) is 0 Å². The number of carboxylic acid groups (broad SMARTS) is 1. The van der Waals surface area contributed by atoms with Crippen molar-refractivity contribution in [3.05, 3.63) is 0 Å². The minimum absolute atomic E-state index is 0.0603. The summed E-state index contributed by atoms with van der Waals surface area (Å²) < 4.78 is 5.13. The SMILES string of the molecule is CCCCCC1(C(=O)O)CC(CSC(=N)N)OC1=O. The first-order valence-electron chi connectivity index (χ1n) is 6.33. The fourth-order valence-corrected chi connectivity index (χ4v) is 2.77. The van der Waals surface area contributed by atoms with Crippen LogP contribution in [0.15, 0.2) is 0 Å². The summed E-state index contributed by atoms with van der Waals surface area (Å²) in [6.45, 7) is 2.02. The van der Waals surface area contributed by atoms with Crippen LogP contribution in [0, 0.1) is 10.8 Å². The Morgan fingerprint density at radius 1 is 1.63 bits per heavy atom. The number of carbonyl (C=O) groups excluding carboxylic acids is 1. The number of aliphatic carboxylic acids is 1. The Kier molecular flexibility index (Phi) is 5.65. The smallest absolute Gasteiger partial charge is 0.323 e. The van der Waals surface area contributed by atoms with Crippen molar-refractivity contribution in [3.8, 4) is 0 Å². The molecular formula is C12H20N2O4S. The highest BCUT2D eigenvalue weighted by Crippen LogP contribution is 2.40. The predicted molar refractivity (Wildman–Crippen MR) is 73.1 cm³/mol. The van der Waals surface area contributed by atoms with Crippen molar-refractivity contribution in [2.24, 2.45) is 11.1 Å². The topological polar surface area (TPSA) is 113 Å². The van der Waals surface area contributed by atoms with Crippen LogP contribution in [0.25, 0.3) is 0 Å². The fraction of sp³-hybridized carbons (Fsp3) is 0.750. The van der Waals surface area contributed by atoms with Crippen LogP contribution in [-0.2, 0) is 14.3 Å². The Morgan fingerprint density at radius 2 is 2.32 bits per heavy atom. The second-order valence-corrected chi connectivity index (χ2v) is 5.81. The molecule has 1 heterocycles. The van der Waals surface area contributed by atoms with E-state index < -0.39 is 23.5 Å². The Labute approximate surface area is 116 Å². The standard InChI is InChI=1S/C12H20N2O4S/c1-2-3-4-5-12(9(15)16)6-8(18-10(12)17)7-19-11(13)14/h8H,2-7H2,1H3,(H3,13,14)(H,15,16). The van der Waals surface area contributed by atoms with E-state index in [-0.39, 0.29) is 11.6 Å². The van der Waals surface area contributed by atoms with Crippen LogP contribution in [0.5, 0.6) is 0 Å². The molecule has 2 unspecified atom stereocenters. The summed E-state index contributed by atoms with van der Waals surface area (Å²) in [6.07, 6.45) is 2.58. The molecular weight excluding hydrogens is 268 g/mol. The Bertz CT molecular complexity index is 375. The van der Waals surface area contributed by atoms with E-state index in [1.807, 2.05) is 6.92 Å². The molecule has 0 aromatic rings. The number of cyclic esters (lactones) is 1. The van der Waals surface area contributed by atoms with Crippen molar-refractivity contribution in [2.45, 2.75) is 45.1 Å². The molecule has 19 heavy (non-hydrogen) atoms. The molecule has 0 radical (unpaired) electrons. The molecule has 1 fully saturated rings. The summed E-state index contributed by atoms with van der Waals surface area (Å²) in [4.78, 5) is 23.3. The Balaban J connectivity index is 2.68. The lowest BCUT2D eigenvalue weighted by molar-refractivity contribution is -0.161. The number of carboxylic acids is 1. The van der Waals surface area contributed by atoms with Gasteiger partial charge < -0.3 is 15.6 Å². The van der Waals surface area contributed by atoms with Gasteiger partial charge in [0, 0.05) is 12.2 Å². The highest BCUT2D eigenvalue weighted by atomic mass is 32.2. The Hall–Kier alpha value is -1.24. The lowest BCUT2D eigenvalue weighted by Crippen LogP contribution is -2.35. The van der Waals surface area contributed by atoms with Gasteiger partial charge >= 0.3 is 11.9 Å². The second-order valence-electron chi connectivity index (χ2n) is 4.75. The molecule has 0 amide bonds. The first-order valence-corrected chi connectivity index (χ1v) is 7.32. The molecule has 1 aliphatic rings.